The van der Waals surface area contributed by atoms with Crippen molar-refractivity contribution in [2.75, 3.05) is 24.5 Å². The van der Waals surface area contributed by atoms with Gasteiger partial charge in [0.15, 0.2) is 0 Å². The first-order valence-electron chi connectivity index (χ1n) is 6.73. The van der Waals surface area contributed by atoms with E-state index in [1.165, 1.54) is 37.2 Å². The number of piperazine rings is 1. The zero-order chi connectivity index (χ0) is 11.2. The normalized spacial score (nSPS) is 30.7. The second kappa shape index (κ2) is 3.72. The predicted molar refractivity (Wildman–Crippen MR) is 69.4 cm³/mol. The third-order valence-corrected chi connectivity index (χ3v) is 4.48. The van der Waals surface area contributed by atoms with Gasteiger partial charge in [-0.15, -0.1) is 0 Å². The highest BCUT2D eigenvalue weighted by Gasteiger charge is 2.38. The molecule has 0 radical (unpaired) electrons. The lowest BCUT2D eigenvalue weighted by molar-refractivity contribution is 0.575. The summed E-state index contributed by atoms with van der Waals surface area (Å²) in [4.78, 5) is 2.64. The maximum absolute atomic E-state index is 3.58. The SMILES string of the molecule is c1cc2c(c(N3CC4CC3CN4)c1)CCNC2. The van der Waals surface area contributed by atoms with Crippen molar-refractivity contribution < 1.29 is 0 Å². The molecule has 1 aromatic rings. The van der Waals surface area contributed by atoms with Crippen LogP contribution in [0.4, 0.5) is 5.69 Å². The minimum atomic E-state index is 0.734. The molecule has 3 heteroatoms. The molecular formula is C14H19N3. The quantitative estimate of drug-likeness (QED) is 0.748. The summed E-state index contributed by atoms with van der Waals surface area (Å²) >= 11 is 0. The molecule has 0 amide bonds. The average Bonchev–Trinajstić information content (AvgIpc) is 3.00. The lowest BCUT2D eigenvalue weighted by Gasteiger charge is -2.33. The van der Waals surface area contributed by atoms with Crippen LogP contribution in [0.25, 0.3) is 0 Å². The van der Waals surface area contributed by atoms with Crippen LogP contribution in [-0.4, -0.2) is 31.7 Å². The van der Waals surface area contributed by atoms with Gasteiger partial charge in [-0.2, -0.15) is 0 Å². The van der Waals surface area contributed by atoms with E-state index in [1.807, 2.05) is 0 Å². The number of hydrogen-bond donors (Lipinski definition) is 2. The van der Waals surface area contributed by atoms with E-state index in [4.69, 9.17) is 0 Å². The summed E-state index contributed by atoms with van der Waals surface area (Å²) in [5.74, 6) is 0. The van der Waals surface area contributed by atoms with Crippen LogP contribution in [0.5, 0.6) is 0 Å². The van der Waals surface area contributed by atoms with Gasteiger partial charge in [-0.25, -0.2) is 0 Å². The molecule has 2 fully saturated rings. The lowest BCUT2D eigenvalue weighted by atomic mass is 9.98. The summed E-state index contributed by atoms with van der Waals surface area (Å²) in [5.41, 5.74) is 4.61. The summed E-state index contributed by atoms with van der Waals surface area (Å²) in [5, 5.41) is 7.04. The lowest BCUT2D eigenvalue weighted by Crippen LogP contribution is -2.44. The van der Waals surface area contributed by atoms with Crippen LogP contribution in [0, 0.1) is 0 Å². The van der Waals surface area contributed by atoms with Crippen molar-refractivity contribution in [3.63, 3.8) is 0 Å². The Labute approximate surface area is 102 Å². The smallest absolute Gasteiger partial charge is 0.0430 e. The van der Waals surface area contributed by atoms with E-state index in [0.717, 1.165) is 25.2 Å². The van der Waals surface area contributed by atoms with Crippen LogP contribution in [0.2, 0.25) is 0 Å². The highest BCUT2D eigenvalue weighted by atomic mass is 15.3. The Balaban J connectivity index is 1.73. The molecule has 3 nitrogen and oxygen atoms in total. The van der Waals surface area contributed by atoms with Crippen molar-refractivity contribution >= 4 is 5.69 Å². The fourth-order valence-corrected chi connectivity index (χ4v) is 3.64. The van der Waals surface area contributed by atoms with Gasteiger partial charge in [0.2, 0.25) is 0 Å². The molecule has 3 aliphatic heterocycles. The van der Waals surface area contributed by atoms with Gasteiger partial charge in [0.05, 0.1) is 0 Å². The van der Waals surface area contributed by atoms with E-state index in [9.17, 15) is 0 Å². The molecule has 2 bridgehead atoms. The second-order valence-electron chi connectivity index (χ2n) is 5.49. The molecule has 3 heterocycles. The molecular weight excluding hydrogens is 210 g/mol. The Morgan fingerprint density at radius 1 is 1.29 bits per heavy atom. The number of benzene rings is 1. The summed E-state index contributed by atoms with van der Waals surface area (Å²) in [6.07, 6.45) is 2.52. The average molecular weight is 229 g/mol. The van der Waals surface area contributed by atoms with Crippen LogP contribution in [-0.2, 0) is 13.0 Å². The van der Waals surface area contributed by atoms with E-state index in [1.54, 1.807) is 5.56 Å². The fourth-order valence-electron chi connectivity index (χ4n) is 3.64. The summed E-state index contributed by atoms with van der Waals surface area (Å²) in [6, 6.07) is 8.29. The summed E-state index contributed by atoms with van der Waals surface area (Å²) < 4.78 is 0. The molecule has 0 aromatic heterocycles. The largest absolute Gasteiger partial charge is 0.365 e. The van der Waals surface area contributed by atoms with E-state index < -0.39 is 0 Å². The van der Waals surface area contributed by atoms with Crippen molar-refractivity contribution in [2.24, 2.45) is 0 Å². The minimum absolute atomic E-state index is 0.734. The molecule has 2 atom stereocenters. The topological polar surface area (TPSA) is 27.3 Å². The molecule has 2 N–H and O–H groups in total. The van der Waals surface area contributed by atoms with Gasteiger partial charge >= 0.3 is 0 Å². The highest BCUT2D eigenvalue weighted by molar-refractivity contribution is 5.59. The standard InChI is InChI=1S/C14H19N3/c1-2-10-7-15-5-4-13(10)14(3-1)17-9-11-6-12(17)8-16-11/h1-3,11-12,15-16H,4-9H2. The third-order valence-electron chi connectivity index (χ3n) is 4.48. The monoisotopic (exact) mass is 229 g/mol. The molecule has 4 rings (SSSR count). The van der Waals surface area contributed by atoms with Gasteiger partial charge in [0.25, 0.3) is 0 Å². The zero-order valence-electron chi connectivity index (χ0n) is 10.1. The maximum atomic E-state index is 3.58. The molecule has 17 heavy (non-hydrogen) atoms. The van der Waals surface area contributed by atoms with Crippen LogP contribution in [0.1, 0.15) is 17.5 Å². The number of nitrogens with one attached hydrogen (secondary N) is 2. The van der Waals surface area contributed by atoms with Gasteiger partial charge in [-0.05, 0) is 36.6 Å². The van der Waals surface area contributed by atoms with Gasteiger partial charge in [0.1, 0.15) is 0 Å². The van der Waals surface area contributed by atoms with Crippen molar-refractivity contribution in [1.82, 2.24) is 10.6 Å². The summed E-state index contributed by atoms with van der Waals surface area (Å²) in [6.45, 7) is 4.55. The number of rotatable bonds is 1. The van der Waals surface area contributed by atoms with E-state index in [-0.39, 0.29) is 0 Å². The Morgan fingerprint density at radius 3 is 3.12 bits per heavy atom. The molecule has 90 valence electrons. The van der Waals surface area contributed by atoms with Gasteiger partial charge in [-0.3, -0.25) is 0 Å². The van der Waals surface area contributed by atoms with Crippen molar-refractivity contribution in [3.8, 4) is 0 Å². The second-order valence-corrected chi connectivity index (χ2v) is 5.49. The van der Waals surface area contributed by atoms with Crippen LogP contribution in [0.15, 0.2) is 18.2 Å². The summed E-state index contributed by atoms with van der Waals surface area (Å²) in [7, 11) is 0. The van der Waals surface area contributed by atoms with Crippen LogP contribution >= 0.6 is 0 Å². The Hall–Kier alpha value is -1.06. The third kappa shape index (κ3) is 1.49. The molecule has 0 saturated carbocycles. The van der Waals surface area contributed by atoms with Crippen LogP contribution in [0.3, 0.4) is 0 Å². The molecule has 1 aromatic carbocycles. The number of nitrogens with zero attached hydrogens (tertiary/aromatic N) is 1. The molecule has 0 aliphatic carbocycles. The van der Waals surface area contributed by atoms with E-state index in [2.05, 4.69) is 33.7 Å². The Kier molecular flexibility index (Phi) is 2.17. The molecule has 0 spiro atoms. The minimum Gasteiger partial charge on any atom is -0.365 e. The number of fused-ring (bicyclic) bond motifs is 3. The number of anilines is 1. The van der Waals surface area contributed by atoms with Gasteiger partial charge in [-0.1, -0.05) is 12.1 Å². The van der Waals surface area contributed by atoms with Crippen molar-refractivity contribution in [1.29, 1.82) is 0 Å². The first kappa shape index (κ1) is 9.92. The fraction of sp³-hybridized carbons (Fsp3) is 0.571. The first-order valence-corrected chi connectivity index (χ1v) is 6.73. The zero-order valence-corrected chi connectivity index (χ0v) is 10.1. The first-order chi connectivity index (χ1) is 8.42. The van der Waals surface area contributed by atoms with Crippen molar-refractivity contribution in [3.05, 3.63) is 29.3 Å². The molecule has 2 saturated heterocycles. The van der Waals surface area contributed by atoms with E-state index in [0.29, 0.717) is 0 Å². The Bertz CT molecular complexity index is 443. The van der Waals surface area contributed by atoms with Gasteiger partial charge in [0, 0.05) is 37.4 Å². The number of hydrogen-bond acceptors (Lipinski definition) is 3. The van der Waals surface area contributed by atoms with Crippen LogP contribution < -0.4 is 15.5 Å². The Morgan fingerprint density at radius 2 is 2.29 bits per heavy atom. The molecule has 2 unspecified atom stereocenters. The van der Waals surface area contributed by atoms with Gasteiger partial charge < -0.3 is 15.5 Å². The van der Waals surface area contributed by atoms with Crippen molar-refractivity contribution in [2.45, 2.75) is 31.5 Å². The maximum Gasteiger partial charge on any atom is 0.0430 e. The molecule has 3 aliphatic rings. The van der Waals surface area contributed by atoms with E-state index >= 15 is 0 Å². The predicted octanol–water partition coefficient (Wildman–Crippen LogP) is 0.883. The highest BCUT2D eigenvalue weighted by Crippen LogP contribution is 2.34.